The second-order valence-electron chi connectivity index (χ2n) is 5.22. The van der Waals surface area contributed by atoms with Gasteiger partial charge in [0.2, 0.25) is 16.9 Å². The van der Waals surface area contributed by atoms with Gasteiger partial charge in [0.25, 0.3) is 0 Å². The first-order valence-electron chi connectivity index (χ1n) is 7.63. The van der Waals surface area contributed by atoms with E-state index < -0.39 is 0 Å². The van der Waals surface area contributed by atoms with Crippen molar-refractivity contribution in [1.82, 2.24) is 15.1 Å². The molecule has 7 nitrogen and oxygen atoms in total. The Morgan fingerprint density at radius 2 is 1.96 bits per heavy atom. The average Bonchev–Trinajstić information content (AvgIpc) is 3.03. The van der Waals surface area contributed by atoms with E-state index in [1.54, 1.807) is 12.0 Å². The summed E-state index contributed by atoms with van der Waals surface area (Å²) in [5, 5.41) is 12.0. The van der Waals surface area contributed by atoms with Crippen LogP contribution in [0.15, 0.2) is 28.7 Å². The van der Waals surface area contributed by atoms with Crippen molar-refractivity contribution in [3.05, 3.63) is 28.7 Å². The molecule has 25 heavy (non-hydrogen) atoms. The highest BCUT2D eigenvalue weighted by atomic mass is 79.9. The fourth-order valence-electron chi connectivity index (χ4n) is 2.03. The van der Waals surface area contributed by atoms with E-state index in [9.17, 15) is 9.59 Å². The minimum absolute atomic E-state index is 0.0849. The van der Waals surface area contributed by atoms with Crippen molar-refractivity contribution in [3.8, 4) is 10.6 Å². The zero-order valence-electron chi connectivity index (χ0n) is 14.0. The average molecular weight is 427 g/mol. The molecule has 0 unspecified atom stereocenters. The number of benzene rings is 1. The van der Waals surface area contributed by atoms with E-state index in [0.717, 1.165) is 15.0 Å². The number of carbonyl (C=O) groups is 2. The van der Waals surface area contributed by atoms with Crippen molar-refractivity contribution >= 4 is 44.2 Å². The van der Waals surface area contributed by atoms with E-state index in [4.69, 9.17) is 4.74 Å². The van der Waals surface area contributed by atoms with Crippen LogP contribution in [0.4, 0.5) is 5.13 Å². The standard InChI is InChI=1S/C16H19BrN4O3S/c1-11(22)21(9-10-24-2)8-7-14(23)18-16-20-19-15(25-16)12-3-5-13(17)6-4-12/h3-6H,7-10H2,1-2H3,(H,18,20,23). The van der Waals surface area contributed by atoms with E-state index in [-0.39, 0.29) is 18.2 Å². The van der Waals surface area contributed by atoms with E-state index in [1.165, 1.54) is 18.3 Å². The van der Waals surface area contributed by atoms with Crippen molar-refractivity contribution in [2.24, 2.45) is 0 Å². The molecule has 9 heteroatoms. The zero-order valence-corrected chi connectivity index (χ0v) is 16.4. The molecule has 2 amide bonds. The van der Waals surface area contributed by atoms with Crippen LogP contribution in [0.5, 0.6) is 0 Å². The molecular weight excluding hydrogens is 408 g/mol. The van der Waals surface area contributed by atoms with Gasteiger partial charge in [-0.1, -0.05) is 39.4 Å². The maximum Gasteiger partial charge on any atom is 0.227 e. The molecule has 1 N–H and O–H groups in total. The lowest BCUT2D eigenvalue weighted by atomic mass is 10.2. The lowest BCUT2D eigenvalue weighted by Gasteiger charge is -2.19. The number of nitrogens with one attached hydrogen (secondary N) is 1. The van der Waals surface area contributed by atoms with Crippen LogP contribution in [0.1, 0.15) is 13.3 Å². The van der Waals surface area contributed by atoms with Crippen LogP contribution >= 0.6 is 27.3 Å². The highest BCUT2D eigenvalue weighted by molar-refractivity contribution is 9.10. The molecule has 0 spiro atoms. The number of nitrogens with zero attached hydrogens (tertiary/aromatic N) is 3. The smallest absolute Gasteiger partial charge is 0.227 e. The molecule has 0 fully saturated rings. The van der Waals surface area contributed by atoms with Crippen molar-refractivity contribution in [2.75, 3.05) is 32.1 Å². The summed E-state index contributed by atoms with van der Waals surface area (Å²) in [6, 6.07) is 7.70. The first-order chi connectivity index (χ1) is 12.0. The summed E-state index contributed by atoms with van der Waals surface area (Å²) < 4.78 is 5.95. The largest absolute Gasteiger partial charge is 0.383 e. The fourth-order valence-corrected chi connectivity index (χ4v) is 3.06. The second kappa shape index (κ2) is 9.59. The quantitative estimate of drug-likeness (QED) is 0.701. The number of rotatable bonds is 8. The Labute approximate surface area is 158 Å². The monoisotopic (exact) mass is 426 g/mol. The van der Waals surface area contributed by atoms with Crippen molar-refractivity contribution in [2.45, 2.75) is 13.3 Å². The van der Waals surface area contributed by atoms with Gasteiger partial charge in [-0.2, -0.15) is 0 Å². The molecule has 1 aromatic carbocycles. The van der Waals surface area contributed by atoms with Crippen LogP contribution in [0.25, 0.3) is 10.6 Å². The highest BCUT2D eigenvalue weighted by Gasteiger charge is 2.13. The summed E-state index contributed by atoms with van der Waals surface area (Å²) in [6.45, 7) is 2.71. The van der Waals surface area contributed by atoms with Crippen LogP contribution in [-0.2, 0) is 14.3 Å². The van der Waals surface area contributed by atoms with Crippen LogP contribution < -0.4 is 5.32 Å². The number of anilines is 1. The van der Waals surface area contributed by atoms with E-state index in [0.29, 0.717) is 24.8 Å². The maximum atomic E-state index is 12.1. The Balaban J connectivity index is 1.88. The lowest BCUT2D eigenvalue weighted by molar-refractivity contribution is -0.130. The number of hydrogen-bond acceptors (Lipinski definition) is 6. The molecule has 2 aromatic rings. The molecule has 0 aliphatic carbocycles. The molecule has 2 rings (SSSR count). The molecule has 0 aliphatic rings. The number of hydrogen-bond donors (Lipinski definition) is 1. The van der Waals surface area contributed by atoms with Crippen LogP contribution in [-0.4, -0.2) is 53.7 Å². The molecule has 134 valence electrons. The van der Waals surface area contributed by atoms with Gasteiger partial charge in [0.1, 0.15) is 5.01 Å². The number of methoxy groups -OCH3 is 1. The number of carbonyl (C=O) groups excluding carboxylic acids is 2. The summed E-state index contributed by atoms with van der Waals surface area (Å²) in [6.07, 6.45) is 0.191. The lowest BCUT2D eigenvalue weighted by Crippen LogP contribution is -2.34. The van der Waals surface area contributed by atoms with E-state index in [2.05, 4.69) is 31.4 Å². The fraction of sp³-hybridized carbons (Fsp3) is 0.375. The molecule has 0 bridgehead atoms. The van der Waals surface area contributed by atoms with Gasteiger partial charge in [0.15, 0.2) is 0 Å². The Morgan fingerprint density at radius 3 is 2.60 bits per heavy atom. The molecule has 1 aromatic heterocycles. The third-order valence-electron chi connectivity index (χ3n) is 3.38. The number of aromatic nitrogens is 2. The zero-order chi connectivity index (χ0) is 18.2. The summed E-state index contributed by atoms with van der Waals surface area (Å²) in [5.41, 5.74) is 0.934. The Bertz CT molecular complexity index is 720. The van der Waals surface area contributed by atoms with Gasteiger partial charge in [-0.15, -0.1) is 10.2 Å². The molecule has 0 saturated heterocycles. The maximum absolute atomic E-state index is 12.1. The highest BCUT2D eigenvalue weighted by Crippen LogP contribution is 2.27. The molecule has 0 atom stereocenters. The SMILES string of the molecule is COCCN(CCC(=O)Nc1nnc(-c2ccc(Br)cc2)s1)C(C)=O. The van der Waals surface area contributed by atoms with Crippen molar-refractivity contribution in [3.63, 3.8) is 0 Å². The summed E-state index contributed by atoms with van der Waals surface area (Å²) >= 11 is 4.69. The Morgan fingerprint density at radius 1 is 1.24 bits per heavy atom. The second-order valence-corrected chi connectivity index (χ2v) is 7.11. The van der Waals surface area contributed by atoms with Gasteiger partial charge in [0, 0.05) is 43.6 Å². The number of amides is 2. The molecular formula is C16H19BrN4O3S. The summed E-state index contributed by atoms with van der Waals surface area (Å²) in [4.78, 5) is 25.2. The van der Waals surface area contributed by atoms with Gasteiger partial charge in [-0.3, -0.25) is 9.59 Å². The Hall–Kier alpha value is -1.84. The first kappa shape index (κ1) is 19.5. The summed E-state index contributed by atoms with van der Waals surface area (Å²) in [5.74, 6) is -0.291. The molecule has 0 aliphatic heterocycles. The van der Waals surface area contributed by atoms with Crippen LogP contribution in [0.2, 0.25) is 0 Å². The predicted molar refractivity (Wildman–Crippen MR) is 100 cm³/mol. The summed E-state index contributed by atoms with van der Waals surface area (Å²) in [7, 11) is 1.57. The van der Waals surface area contributed by atoms with Gasteiger partial charge in [-0.25, -0.2) is 0 Å². The van der Waals surface area contributed by atoms with E-state index >= 15 is 0 Å². The molecule has 0 radical (unpaired) electrons. The van der Waals surface area contributed by atoms with Crippen molar-refractivity contribution < 1.29 is 14.3 Å². The predicted octanol–water partition coefficient (Wildman–Crippen LogP) is 2.79. The first-order valence-corrected chi connectivity index (χ1v) is 9.24. The minimum atomic E-state index is -0.206. The van der Waals surface area contributed by atoms with Gasteiger partial charge >= 0.3 is 0 Å². The van der Waals surface area contributed by atoms with Crippen LogP contribution in [0.3, 0.4) is 0 Å². The molecule has 1 heterocycles. The molecule has 0 saturated carbocycles. The minimum Gasteiger partial charge on any atom is -0.383 e. The number of halogens is 1. The van der Waals surface area contributed by atoms with Crippen LogP contribution in [0, 0.1) is 0 Å². The van der Waals surface area contributed by atoms with Gasteiger partial charge < -0.3 is 15.0 Å². The topological polar surface area (TPSA) is 84.4 Å². The van der Waals surface area contributed by atoms with E-state index in [1.807, 2.05) is 24.3 Å². The third-order valence-corrected chi connectivity index (χ3v) is 4.80. The van der Waals surface area contributed by atoms with Crippen molar-refractivity contribution in [1.29, 1.82) is 0 Å². The normalized spacial score (nSPS) is 10.5. The Kier molecular flexibility index (Phi) is 7.48. The third kappa shape index (κ3) is 6.18. The van der Waals surface area contributed by atoms with Gasteiger partial charge in [0.05, 0.1) is 6.61 Å². The van der Waals surface area contributed by atoms with Gasteiger partial charge in [-0.05, 0) is 12.1 Å². The number of ether oxygens (including phenoxy) is 1.